The van der Waals surface area contributed by atoms with Crippen LogP contribution in [0.5, 0.6) is 0 Å². The number of carbonyl (C=O) groups is 1. The molecule has 3 heteroatoms. The number of hydrogen-bond donors (Lipinski definition) is 0. The molecule has 0 N–H and O–H groups in total. The van der Waals surface area contributed by atoms with E-state index in [0.717, 1.165) is 28.3 Å². The van der Waals surface area contributed by atoms with Gasteiger partial charge in [0.2, 0.25) is 0 Å². The molecule has 0 saturated carbocycles. The number of halogens is 1. The standard InChI is InChI=1S/C10H10BrNO/c1-2-8(7-13)3-9-4-10(11)6-12-5-9/h3-7H,2H2,1H3/b8-3-. The summed E-state index contributed by atoms with van der Waals surface area (Å²) in [6.45, 7) is 1.95. The third kappa shape index (κ3) is 3.11. The van der Waals surface area contributed by atoms with E-state index in [-0.39, 0.29) is 0 Å². The first-order chi connectivity index (χ1) is 6.26. The predicted molar refractivity (Wildman–Crippen MR) is 56.3 cm³/mol. The molecule has 0 radical (unpaired) electrons. The van der Waals surface area contributed by atoms with Gasteiger partial charge in [0.15, 0.2) is 0 Å². The summed E-state index contributed by atoms with van der Waals surface area (Å²) < 4.78 is 0.919. The van der Waals surface area contributed by atoms with Gasteiger partial charge in [-0.3, -0.25) is 9.78 Å². The van der Waals surface area contributed by atoms with Crippen LogP contribution in [-0.4, -0.2) is 11.3 Å². The molecule has 0 spiro atoms. The predicted octanol–water partition coefficient (Wildman–Crippen LogP) is 2.84. The van der Waals surface area contributed by atoms with E-state index in [1.54, 1.807) is 12.4 Å². The van der Waals surface area contributed by atoms with E-state index in [4.69, 9.17) is 0 Å². The third-order valence-corrected chi connectivity index (χ3v) is 2.07. The molecule has 68 valence electrons. The molecule has 0 atom stereocenters. The van der Waals surface area contributed by atoms with E-state index in [2.05, 4.69) is 20.9 Å². The Kier molecular flexibility index (Phi) is 3.83. The van der Waals surface area contributed by atoms with E-state index >= 15 is 0 Å². The van der Waals surface area contributed by atoms with Gasteiger partial charge in [0.25, 0.3) is 0 Å². The van der Waals surface area contributed by atoms with Crippen LogP contribution in [0.15, 0.2) is 28.5 Å². The Morgan fingerprint density at radius 3 is 2.92 bits per heavy atom. The van der Waals surface area contributed by atoms with Crippen LogP contribution in [0.25, 0.3) is 6.08 Å². The molecule has 2 nitrogen and oxygen atoms in total. The Labute approximate surface area is 85.8 Å². The number of carbonyl (C=O) groups excluding carboxylic acids is 1. The summed E-state index contributed by atoms with van der Waals surface area (Å²) in [6.07, 6.45) is 6.90. The van der Waals surface area contributed by atoms with Gasteiger partial charge in [-0.25, -0.2) is 0 Å². The number of hydrogen-bond acceptors (Lipinski definition) is 2. The van der Waals surface area contributed by atoms with Crippen molar-refractivity contribution < 1.29 is 4.79 Å². The second kappa shape index (κ2) is 4.92. The lowest BCUT2D eigenvalue weighted by Gasteiger charge is -1.96. The van der Waals surface area contributed by atoms with Gasteiger partial charge in [0.1, 0.15) is 6.29 Å². The Balaban J connectivity index is 2.95. The van der Waals surface area contributed by atoms with Gasteiger partial charge in [0.05, 0.1) is 0 Å². The quantitative estimate of drug-likeness (QED) is 0.600. The molecule has 0 aromatic carbocycles. The van der Waals surface area contributed by atoms with Crippen molar-refractivity contribution in [3.8, 4) is 0 Å². The summed E-state index contributed by atoms with van der Waals surface area (Å²) in [5, 5.41) is 0. The van der Waals surface area contributed by atoms with Crippen molar-refractivity contribution in [1.29, 1.82) is 0 Å². The van der Waals surface area contributed by atoms with Crippen LogP contribution in [0.1, 0.15) is 18.9 Å². The van der Waals surface area contributed by atoms with E-state index < -0.39 is 0 Å². The fourth-order valence-corrected chi connectivity index (χ4v) is 1.32. The van der Waals surface area contributed by atoms with Gasteiger partial charge < -0.3 is 0 Å². The van der Waals surface area contributed by atoms with Crippen molar-refractivity contribution in [2.24, 2.45) is 0 Å². The van der Waals surface area contributed by atoms with Crippen LogP contribution in [0, 0.1) is 0 Å². The second-order valence-corrected chi connectivity index (χ2v) is 3.54. The van der Waals surface area contributed by atoms with Crippen molar-refractivity contribution >= 4 is 28.3 Å². The van der Waals surface area contributed by atoms with E-state index in [1.165, 1.54) is 0 Å². The SMILES string of the molecule is CC/C(C=O)=C/c1cncc(Br)c1. The van der Waals surface area contributed by atoms with Crippen molar-refractivity contribution in [3.63, 3.8) is 0 Å². The van der Waals surface area contributed by atoms with Gasteiger partial charge in [-0.2, -0.15) is 0 Å². The van der Waals surface area contributed by atoms with E-state index in [9.17, 15) is 4.79 Å². The summed E-state index contributed by atoms with van der Waals surface area (Å²) in [4.78, 5) is 14.5. The van der Waals surface area contributed by atoms with Gasteiger partial charge in [-0.05, 0) is 45.6 Å². The first-order valence-corrected chi connectivity index (χ1v) is 4.82. The maximum Gasteiger partial charge on any atom is 0.146 e. The van der Waals surface area contributed by atoms with Crippen LogP contribution >= 0.6 is 15.9 Å². The maximum atomic E-state index is 10.5. The average molecular weight is 240 g/mol. The fourth-order valence-electron chi connectivity index (χ4n) is 0.941. The molecule has 0 unspecified atom stereocenters. The maximum absolute atomic E-state index is 10.5. The summed E-state index contributed by atoms with van der Waals surface area (Å²) in [6, 6.07) is 1.92. The molecule has 1 aromatic rings. The zero-order chi connectivity index (χ0) is 9.68. The molecule has 0 aliphatic heterocycles. The van der Waals surface area contributed by atoms with Crippen molar-refractivity contribution in [2.75, 3.05) is 0 Å². The van der Waals surface area contributed by atoms with Gasteiger partial charge >= 0.3 is 0 Å². The highest BCUT2D eigenvalue weighted by Gasteiger charge is 1.94. The number of allylic oxidation sites excluding steroid dienone is 1. The van der Waals surface area contributed by atoms with Crippen LogP contribution in [0.2, 0.25) is 0 Å². The monoisotopic (exact) mass is 239 g/mol. The van der Waals surface area contributed by atoms with Crippen molar-refractivity contribution in [1.82, 2.24) is 4.98 Å². The number of nitrogens with zero attached hydrogens (tertiary/aromatic N) is 1. The largest absolute Gasteiger partial charge is 0.298 e. The topological polar surface area (TPSA) is 30.0 Å². The summed E-state index contributed by atoms with van der Waals surface area (Å²) in [5.74, 6) is 0. The molecule has 1 heterocycles. The highest BCUT2D eigenvalue weighted by molar-refractivity contribution is 9.10. The zero-order valence-electron chi connectivity index (χ0n) is 7.33. The second-order valence-electron chi connectivity index (χ2n) is 2.63. The van der Waals surface area contributed by atoms with Gasteiger partial charge in [0, 0.05) is 16.9 Å². The minimum atomic E-state index is 0.746. The Bertz CT molecular complexity index is 333. The number of aromatic nitrogens is 1. The van der Waals surface area contributed by atoms with Crippen molar-refractivity contribution in [3.05, 3.63) is 34.1 Å². The van der Waals surface area contributed by atoms with Crippen LogP contribution in [0.4, 0.5) is 0 Å². The highest BCUT2D eigenvalue weighted by Crippen LogP contribution is 2.12. The lowest BCUT2D eigenvalue weighted by Crippen LogP contribution is -1.83. The van der Waals surface area contributed by atoms with Crippen LogP contribution in [0.3, 0.4) is 0 Å². The summed E-state index contributed by atoms with van der Waals surface area (Å²) in [7, 11) is 0. The Hall–Kier alpha value is -0.960. The Morgan fingerprint density at radius 1 is 1.62 bits per heavy atom. The molecule has 1 rings (SSSR count). The fraction of sp³-hybridized carbons (Fsp3) is 0.200. The highest BCUT2D eigenvalue weighted by atomic mass is 79.9. The van der Waals surface area contributed by atoms with Gasteiger partial charge in [-0.15, -0.1) is 0 Å². The minimum absolute atomic E-state index is 0.746. The third-order valence-electron chi connectivity index (χ3n) is 1.64. The molecule has 0 amide bonds. The zero-order valence-corrected chi connectivity index (χ0v) is 8.91. The van der Waals surface area contributed by atoms with E-state index in [0.29, 0.717) is 0 Å². The molecule has 1 aromatic heterocycles. The number of pyridine rings is 1. The molecule has 0 fully saturated rings. The summed E-state index contributed by atoms with van der Waals surface area (Å²) >= 11 is 3.32. The van der Waals surface area contributed by atoms with Gasteiger partial charge in [-0.1, -0.05) is 6.92 Å². The van der Waals surface area contributed by atoms with Crippen molar-refractivity contribution in [2.45, 2.75) is 13.3 Å². The smallest absolute Gasteiger partial charge is 0.146 e. The molecule has 0 aliphatic carbocycles. The molecular weight excluding hydrogens is 230 g/mol. The lowest BCUT2D eigenvalue weighted by molar-refractivity contribution is -0.104. The normalized spacial score (nSPS) is 11.4. The average Bonchev–Trinajstić information content (AvgIpc) is 2.14. The molecule has 0 aliphatic rings. The van der Waals surface area contributed by atoms with Crippen LogP contribution < -0.4 is 0 Å². The molecule has 0 bridgehead atoms. The molecular formula is C10H10BrNO. The number of aldehydes is 1. The Morgan fingerprint density at radius 2 is 2.38 bits per heavy atom. The number of rotatable bonds is 3. The lowest BCUT2D eigenvalue weighted by atomic mass is 10.1. The first-order valence-electron chi connectivity index (χ1n) is 4.02. The molecule has 0 saturated heterocycles. The molecule has 13 heavy (non-hydrogen) atoms. The van der Waals surface area contributed by atoms with E-state index in [1.807, 2.05) is 19.1 Å². The summed E-state index contributed by atoms with van der Waals surface area (Å²) in [5.41, 5.74) is 1.72. The minimum Gasteiger partial charge on any atom is -0.298 e. The first kappa shape index (κ1) is 10.1. The van der Waals surface area contributed by atoms with Crippen LogP contribution in [-0.2, 0) is 4.79 Å².